The van der Waals surface area contributed by atoms with E-state index in [0.29, 0.717) is 0 Å². The number of nitrogens with one attached hydrogen (secondary N) is 1. The molecule has 0 spiro atoms. The Morgan fingerprint density at radius 3 is 2.21 bits per heavy atom. The summed E-state index contributed by atoms with van der Waals surface area (Å²) in [6, 6.07) is 0. The highest BCUT2D eigenvalue weighted by Gasteiger charge is 2.20. The van der Waals surface area contributed by atoms with Crippen molar-refractivity contribution in [1.82, 2.24) is 4.98 Å². The highest BCUT2D eigenvalue weighted by molar-refractivity contribution is 6.50. The molecule has 0 bridgehead atoms. The Kier molecular flexibility index (Phi) is 4.67. The van der Waals surface area contributed by atoms with E-state index in [-0.39, 0.29) is 6.54 Å². The summed E-state index contributed by atoms with van der Waals surface area (Å²) in [5, 5.41) is 8.25. The summed E-state index contributed by atoms with van der Waals surface area (Å²) in [5.74, 6) is -0.834. The highest BCUT2D eigenvalue weighted by Crippen LogP contribution is 2.06. The van der Waals surface area contributed by atoms with Gasteiger partial charge in [0.25, 0.3) is 0 Å². The Bertz CT molecular complexity index is 268. The number of carboxylic acids is 1. The Morgan fingerprint density at radius 2 is 1.93 bits per heavy atom. The van der Waals surface area contributed by atoms with Gasteiger partial charge in [-0.3, -0.25) is 4.98 Å². The standard InChI is InChI=1S/C5H6N2O2.BF4/c8-5(9)3-7-2-1-6-4-7;2-1(3,4)5/h1-2,4H,3H2,(H,8,9);/q;-1/p+1. The first-order valence-corrected chi connectivity index (χ1v) is 3.40. The van der Waals surface area contributed by atoms with E-state index < -0.39 is 13.2 Å². The fourth-order valence-corrected chi connectivity index (χ4v) is 0.575. The number of H-pyrrole nitrogens is 1. The van der Waals surface area contributed by atoms with E-state index in [0.717, 1.165) is 0 Å². The van der Waals surface area contributed by atoms with Crippen LogP contribution in [-0.2, 0) is 11.3 Å². The number of aromatic nitrogens is 2. The van der Waals surface area contributed by atoms with Crippen molar-refractivity contribution in [1.29, 1.82) is 0 Å². The van der Waals surface area contributed by atoms with Crippen molar-refractivity contribution in [2.75, 3.05) is 0 Å². The number of carbonyl (C=O) groups is 1. The lowest BCUT2D eigenvalue weighted by Crippen LogP contribution is -2.34. The monoisotopic (exact) mass is 214 g/mol. The van der Waals surface area contributed by atoms with Crippen molar-refractivity contribution in [2.45, 2.75) is 6.54 Å². The third-order valence-electron chi connectivity index (χ3n) is 0.920. The van der Waals surface area contributed by atoms with Crippen LogP contribution in [0.15, 0.2) is 18.7 Å². The lowest BCUT2D eigenvalue weighted by molar-refractivity contribution is -0.684. The van der Waals surface area contributed by atoms with Gasteiger partial charge in [-0.2, -0.15) is 0 Å². The zero-order valence-corrected chi connectivity index (χ0v) is 6.83. The number of rotatable bonds is 2. The minimum absolute atomic E-state index is 0.0174. The molecule has 0 fully saturated rings. The second kappa shape index (κ2) is 5.25. The third-order valence-corrected chi connectivity index (χ3v) is 0.920. The normalized spacial score (nSPS) is 10.3. The number of halogens is 4. The summed E-state index contributed by atoms with van der Waals surface area (Å²) >= 11 is 0. The Hall–Kier alpha value is -1.54. The number of hydrogen-bond acceptors (Lipinski definition) is 1. The molecule has 9 heteroatoms. The molecule has 0 saturated carbocycles. The first-order chi connectivity index (χ1) is 6.29. The molecule has 0 amide bonds. The molecule has 1 rings (SSSR count). The smallest absolute Gasteiger partial charge is 0.478 e. The molecular formula is C5H7BF4N2O2. The van der Waals surface area contributed by atoms with Gasteiger partial charge in [-0.15, -0.1) is 0 Å². The molecule has 0 radical (unpaired) electrons. The van der Waals surface area contributed by atoms with Crippen LogP contribution in [0.2, 0.25) is 0 Å². The first-order valence-electron chi connectivity index (χ1n) is 3.40. The number of carboxylic acid groups (broad SMARTS) is 1. The predicted octanol–water partition coefficient (Wildman–Crippen LogP) is 0.687. The third kappa shape index (κ3) is 10.5. The summed E-state index contributed by atoms with van der Waals surface area (Å²) in [6.45, 7) is 0.0174. The average molecular weight is 214 g/mol. The summed E-state index contributed by atoms with van der Waals surface area (Å²) in [6.07, 6.45) is 4.92. The van der Waals surface area contributed by atoms with Crippen LogP contribution >= 0.6 is 0 Å². The zero-order chi connectivity index (χ0) is 11.2. The van der Waals surface area contributed by atoms with Gasteiger partial charge in [0.2, 0.25) is 6.33 Å². The molecule has 0 aliphatic carbocycles. The van der Waals surface area contributed by atoms with Crippen LogP contribution in [0, 0.1) is 0 Å². The fourth-order valence-electron chi connectivity index (χ4n) is 0.575. The number of aromatic amines is 1. The second-order valence-corrected chi connectivity index (χ2v) is 2.17. The summed E-state index contributed by atoms with van der Waals surface area (Å²) < 4.78 is 40.5. The summed E-state index contributed by atoms with van der Waals surface area (Å²) in [5.41, 5.74) is 0. The van der Waals surface area contributed by atoms with Crippen LogP contribution in [0.1, 0.15) is 0 Å². The van der Waals surface area contributed by atoms with Crippen LogP contribution in [-0.4, -0.2) is 23.3 Å². The van der Waals surface area contributed by atoms with E-state index in [1.807, 2.05) is 0 Å². The van der Waals surface area contributed by atoms with Gasteiger partial charge in [0.05, 0.1) is 0 Å². The molecule has 0 aliphatic heterocycles. The van der Waals surface area contributed by atoms with E-state index >= 15 is 0 Å². The molecule has 0 aliphatic rings. The molecule has 4 nitrogen and oxygen atoms in total. The summed E-state index contributed by atoms with van der Waals surface area (Å²) in [4.78, 5) is 12.8. The largest absolute Gasteiger partial charge is 0.673 e. The fraction of sp³-hybridized carbons (Fsp3) is 0.200. The van der Waals surface area contributed by atoms with E-state index in [9.17, 15) is 22.1 Å². The van der Waals surface area contributed by atoms with E-state index in [1.54, 1.807) is 23.3 Å². The van der Waals surface area contributed by atoms with Crippen LogP contribution in [0.4, 0.5) is 17.3 Å². The van der Waals surface area contributed by atoms with Crippen molar-refractivity contribution in [3.63, 3.8) is 0 Å². The molecule has 2 N–H and O–H groups in total. The molecular weight excluding hydrogens is 207 g/mol. The molecule has 1 aromatic rings. The topological polar surface area (TPSA) is 57.0 Å². The second-order valence-electron chi connectivity index (χ2n) is 2.17. The summed E-state index contributed by atoms with van der Waals surface area (Å²) in [7, 11) is -6.00. The van der Waals surface area contributed by atoms with E-state index in [2.05, 4.69) is 4.98 Å². The molecule has 80 valence electrons. The number of aliphatic carboxylic acids is 1. The van der Waals surface area contributed by atoms with Crippen LogP contribution in [0.5, 0.6) is 0 Å². The lowest BCUT2D eigenvalue weighted by Gasteiger charge is -1.94. The zero-order valence-electron chi connectivity index (χ0n) is 6.83. The Morgan fingerprint density at radius 1 is 1.43 bits per heavy atom. The van der Waals surface area contributed by atoms with Gasteiger partial charge < -0.3 is 22.4 Å². The maximum atomic E-state index is 10.0. The van der Waals surface area contributed by atoms with E-state index in [4.69, 9.17) is 5.11 Å². The van der Waals surface area contributed by atoms with Gasteiger partial charge in [-0.1, -0.05) is 0 Å². The highest BCUT2D eigenvalue weighted by atomic mass is 19.5. The van der Waals surface area contributed by atoms with Gasteiger partial charge in [-0.05, 0) is 0 Å². The molecule has 14 heavy (non-hydrogen) atoms. The maximum absolute atomic E-state index is 10.0. The predicted molar refractivity (Wildman–Crippen MR) is 38.8 cm³/mol. The first kappa shape index (κ1) is 12.5. The van der Waals surface area contributed by atoms with Gasteiger partial charge >= 0.3 is 13.2 Å². The Labute approximate surface area is 76.3 Å². The van der Waals surface area contributed by atoms with Crippen LogP contribution in [0.25, 0.3) is 0 Å². The maximum Gasteiger partial charge on any atom is 0.673 e. The van der Waals surface area contributed by atoms with Crippen LogP contribution < -0.4 is 4.57 Å². The van der Waals surface area contributed by atoms with Gasteiger partial charge in [0, 0.05) is 0 Å². The number of hydrogen-bond donors (Lipinski definition) is 2. The number of imidazole rings is 1. The van der Waals surface area contributed by atoms with Crippen molar-refractivity contribution in [3.05, 3.63) is 18.7 Å². The van der Waals surface area contributed by atoms with Gasteiger partial charge in [0.15, 0.2) is 6.54 Å². The van der Waals surface area contributed by atoms with Crippen molar-refractivity contribution >= 4 is 13.2 Å². The van der Waals surface area contributed by atoms with Crippen molar-refractivity contribution < 1.29 is 31.7 Å². The molecule has 1 aromatic heterocycles. The molecule has 0 saturated heterocycles. The molecule has 1 heterocycles. The minimum Gasteiger partial charge on any atom is -0.478 e. The van der Waals surface area contributed by atoms with Crippen molar-refractivity contribution in [3.8, 4) is 0 Å². The van der Waals surface area contributed by atoms with Crippen LogP contribution in [0.3, 0.4) is 0 Å². The van der Waals surface area contributed by atoms with E-state index in [1.165, 1.54) is 0 Å². The average Bonchev–Trinajstić information content (AvgIpc) is 2.33. The molecule has 0 unspecified atom stereocenters. The Balaban J connectivity index is 0.000000292. The number of nitrogens with zero attached hydrogens (tertiary/aromatic N) is 1. The van der Waals surface area contributed by atoms with Gasteiger partial charge in [-0.25, -0.2) is 9.36 Å². The minimum atomic E-state index is -6.00. The molecule has 0 atom stereocenters. The quantitative estimate of drug-likeness (QED) is 0.432. The SMILES string of the molecule is F[B-](F)(F)F.O=C(O)C[n+]1cc[nH]c1. The lowest BCUT2D eigenvalue weighted by atomic mass is 10.3. The molecule has 0 aromatic carbocycles. The van der Waals surface area contributed by atoms with Gasteiger partial charge in [0.1, 0.15) is 12.4 Å². The van der Waals surface area contributed by atoms with Crippen molar-refractivity contribution in [2.24, 2.45) is 0 Å².